The molecule has 0 N–H and O–H groups in total. The fourth-order valence-electron chi connectivity index (χ4n) is 1.94. The minimum absolute atomic E-state index is 0.470. The first kappa shape index (κ1) is 12.5. The molecule has 0 spiro atoms. The first-order valence-electron chi connectivity index (χ1n) is 5.62. The maximum absolute atomic E-state index is 5.36. The summed E-state index contributed by atoms with van der Waals surface area (Å²) in [5, 5.41) is 1.12. The lowest BCUT2D eigenvalue weighted by Crippen LogP contribution is -2.44. The molecule has 2 nitrogen and oxygen atoms in total. The van der Waals surface area contributed by atoms with Crippen molar-refractivity contribution in [2.24, 2.45) is 5.41 Å². The Morgan fingerprint density at radius 2 is 1.79 bits per heavy atom. The van der Waals surface area contributed by atoms with Gasteiger partial charge in [0, 0.05) is 25.0 Å². The molecule has 1 rings (SSSR count). The monoisotopic (exact) mass is 263 g/mol. The second kappa shape index (κ2) is 6.09. The molecule has 1 aliphatic heterocycles. The molecule has 0 aromatic rings. The lowest BCUT2D eigenvalue weighted by Gasteiger charge is -2.37. The fourth-order valence-corrected chi connectivity index (χ4v) is 2.91. The van der Waals surface area contributed by atoms with Gasteiger partial charge >= 0.3 is 0 Å². The Balaban J connectivity index is 2.44. The fraction of sp³-hybridized carbons (Fsp3) is 1.00. The molecule has 1 aliphatic rings. The second-order valence-electron chi connectivity index (χ2n) is 4.23. The van der Waals surface area contributed by atoms with Gasteiger partial charge in [-0.25, -0.2) is 0 Å². The van der Waals surface area contributed by atoms with Crippen LogP contribution in [0.5, 0.6) is 0 Å². The van der Waals surface area contributed by atoms with Gasteiger partial charge in [0.15, 0.2) is 0 Å². The average Bonchev–Trinajstić information content (AvgIpc) is 2.28. The van der Waals surface area contributed by atoms with Crippen LogP contribution in [0.4, 0.5) is 0 Å². The van der Waals surface area contributed by atoms with Crippen LogP contribution in [-0.2, 0) is 4.74 Å². The molecule has 1 fully saturated rings. The van der Waals surface area contributed by atoms with Gasteiger partial charge in [-0.05, 0) is 18.3 Å². The van der Waals surface area contributed by atoms with Crippen molar-refractivity contribution >= 4 is 15.9 Å². The standard InChI is InChI=1S/C11H22BrNO/c1-3-11(4-2,9-12)10-13-5-7-14-8-6-13/h3-10H2,1-2H3. The van der Waals surface area contributed by atoms with Crippen LogP contribution in [0.15, 0.2) is 0 Å². The Hall–Kier alpha value is 0.400. The van der Waals surface area contributed by atoms with Crippen molar-refractivity contribution in [1.82, 2.24) is 4.90 Å². The van der Waals surface area contributed by atoms with Crippen LogP contribution < -0.4 is 0 Å². The van der Waals surface area contributed by atoms with E-state index in [4.69, 9.17) is 4.74 Å². The van der Waals surface area contributed by atoms with Crippen LogP contribution in [0.25, 0.3) is 0 Å². The third-order valence-corrected chi connectivity index (χ3v) is 4.64. The zero-order valence-corrected chi connectivity index (χ0v) is 11.0. The van der Waals surface area contributed by atoms with Gasteiger partial charge in [-0.15, -0.1) is 0 Å². The summed E-state index contributed by atoms with van der Waals surface area (Å²) in [5.41, 5.74) is 0.470. The highest BCUT2D eigenvalue weighted by molar-refractivity contribution is 9.09. The third kappa shape index (κ3) is 3.21. The second-order valence-corrected chi connectivity index (χ2v) is 4.79. The van der Waals surface area contributed by atoms with Crippen molar-refractivity contribution in [3.05, 3.63) is 0 Å². The van der Waals surface area contributed by atoms with Gasteiger partial charge in [0.1, 0.15) is 0 Å². The molecule has 0 radical (unpaired) electrons. The number of rotatable bonds is 5. The van der Waals surface area contributed by atoms with Gasteiger partial charge in [-0.1, -0.05) is 29.8 Å². The van der Waals surface area contributed by atoms with Gasteiger partial charge in [0.2, 0.25) is 0 Å². The quantitative estimate of drug-likeness (QED) is 0.707. The largest absolute Gasteiger partial charge is 0.379 e. The molecule has 0 aromatic carbocycles. The van der Waals surface area contributed by atoms with E-state index in [1.54, 1.807) is 0 Å². The minimum atomic E-state index is 0.470. The highest BCUT2D eigenvalue weighted by atomic mass is 79.9. The molecular weight excluding hydrogens is 242 g/mol. The number of hydrogen-bond acceptors (Lipinski definition) is 2. The van der Waals surface area contributed by atoms with Gasteiger partial charge in [-0.2, -0.15) is 0 Å². The molecule has 0 bridgehead atoms. The van der Waals surface area contributed by atoms with E-state index in [0.29, 0.717) is 5.41 Å². The summed E-state index contributed by atoms with van der Waals surface area (Å²) in [5.74, 6) is 0. The summed E-state index contributed by atoms with van der Waals surface area (Å²) in [6, 6.07) is 0. The van der Waals surface area contributed by atoms with Crippen LogP contribution in [-0.4, -0.2) is 43.1 Å². The maximum atomic E-state index is 5.36. The first-order chi connectivity index (χ1) is 6.76. The predicted molar refractivity (Wildman–Crippen MR) is 64.1 cm³/mol. The Morgan fingerprint density at radius 1 is 1.21 bits per heavy atom. The highest BCUT2D eigenvalue weighted by Crippen LogP contribution is 2.30. The molecular formula is C11H22BrNO. The van der Waals surface area contributed by atoms with Crippen LogP contribution in [0, 0.1) is 5.41 Å². The zero-order chi connectivity index (χ0) is 10.4. The molecule has 0 unspecified atom stereocenters. The first-order valence-corrected chi connectivity index (χ1v) is 6.74. The Kier molecular flexibility index (Phi) is 5.42. The van der Waals surface area contributed by atoms with Crippen molar-refractivity contribution in [3.63, 3.8) is 0 Å². The van der Waals surface area contributed by atoms with Crippen molar-refractivity contribution < 1.29 is 4.74 Å². The van der Waals surface area contributed by atoms with Gasteiger partial charge in [-0.3, -0.25) is 4.90 Å². The number of alkyl halides is 1. The molecule has 0 atom stereocenters. The molecule has 0 saturated carbocycles. The van der Waals surface area contributed by atoms with Crippen LogP contribution in [0.1, 0.15) is 26.7 Å². The van der Waals surface area contributed by atoms with Gasteiger partial charge in [0.05, 0.1) is 13.2 Å². The maximum Gasteiger partial charge on any atom is 0.0594 e. The summed E-state index contributed by atoms with van der Waals surface area (Å²) in [4.78, 5) is 2.54. The number of halogens is 1. The van der Waals surface area contributed by atoms with E-state index in [2.05, 4.69) is 34.7 Å². The molecule has 0 aromatic heterocycles. The van der Waals surface area contributed by atoms with Crippen molar-refractivity contribution in [3.8, 4) is 0 Å². The van der Waals surface area contributed by atoms with E-state index in [-0.39, 0.29) is 0 Å². The molecule has 1 saturated heterocycles. The molecule has 0 amide bonds. The molecule has 1 heterocycles. The lowest BCUT2D eigenvalue weighted by atomic mass is 9.84. The van der Waals surface area contributed by atoms with Crippen molar-refractivity contribution in [1.29, 1.82) is 0 Å². The Morgan fingerprint density at radius 3 is 2.21 bits per heavy atom. The minimum Gasteiger partial charge on any atom is -0.379 e. The van der Waals surface area contributed by atoms with E-state index >= 15 is 0 Å². The van der Waals surface area contributed by atoms with Gasteiger partial charge < -0.3 is 4.74 Å². The average molecular weight is 264 g/mol. The number of ether oxygens (including phenoxy) is 1. The predicted octanol–water partition coefficient (Wildman–Crippen LogP) is 2.52. The highest BCUT2D eigenvalue weighted by Gasteiger charge is 2.28. The number of morpholine rings is 1. The van der Waals surface area contributed by atoms with Crippen LogP contribution in [0.3, 0.4) is 0 Å². The summed E-state index contributed by atoms with van der Waals surface area (Å²) in [6.45, 7) is 9.84. The van der Waals surface area contributed by atoms with Gasteiger partial charge in [0.25, 0.3) is 0 Å². The zero-order valence-electron chi connectivity index (χ0n) is 9.39. The summed E-state index contributed by atoms with van der Waals surface area (Å²) in [6.07, 6.45) is 2.51. The Labute approximate surface area is 96.1 Å². The molecule has 84 valence electrons. The number of nitrogens with zero attached hydrogens (tertiary/aromatic N) is 1. The summed E-state index contributed by atoms with van der Waals surface area (Å²) >= 11 is 3.66. The summed E-state index contributed by atoms with van der Waals surface area (Å²) < 4.78 is 5.36. The van der Waals surface area contributed by atoms with E-state index in [0.717, 1.165) is 31.6 Å². The van der Waals surface area contributed by atoms with Crippen LogP contribution in [0.2, 0.25) is 0 Å². The van der Waals surface area contributed by atoms with E-state index in [1.165, 1.54) is 19.4 Å². The molecule has 3 heteroatoms. The van der Waals surface area contributed by atoms with E-state index < -0.39 is 0 Å². The normalized spacial score (nSPS) is 19.9. The molecule has 0 aliphatic carbocycles. The van der Waals surface area contributed by atoms with Crippen molar-refractivity contribution in [2.45, 2.75) is 26.7 Å². The molecule has 14 heavy (non-hydrogen) atoms. The van der Waals surface area contributed by atoms with Crippen molar-refractivity contribution in [2.75, 3.05) is 38.2 Å². The van der Waals surface area contributed by atoms with E-state index in [1.807, 2.05) is 0 Å². The third-order valence-electron chi connectivity index (χ3n) is 3.45. The topological polar surface area (TPSA) is 12.5 Å². The lowest BCUT2D eigenvalue weighted by molar-refractivity contribution is 0.0182. The van der Waals surface area contributed by atoms with Crippen LogP contribution >= 0.6 is 15.9 Å². The SMILES string of the molecule is CCC(CC)(CBr)CN1CCOCC1. The van der Waals surface area contributed by atoms with E-state index in [9.17, 15) is 0 Å². The summed E-state index contributed by atoms with van der Waals surface area (Å²) in [7, 11) is 0. The Bertz CT molecular complexity index is 145. The number of hydrogen-bond donors (Lipinski definition) is 0. The smallest absolute Gasteiger partial charge is 0.0594 e.